The number of ketones is 1. The molecule has 1 heterocycles. The molecule has 0 N–H and O–H groups in total. The highest BCUT2D eigenvalue weighted by Gasteiger charge is 2.38. The van der Waals surface area contributed by atoms with Crippen LogP contribution < -0.4 is 4.90 Å². The lowest BCUT2D eigenvalue weighted by atomic mass is 10.0. The van der Waals surface area contributed by atoms with Crippen LogP contribution in [-0.2, 0) is 4.74 Å². The van der Waals surface area contributed by atoms with E-state index >= 15 is 0 Å². The zero-order valence-corrected chi connectivity index (χ0v) is 18.0. The molecule has 0 radical (unpaired) electrons. The summed E-state index contributed by atoms with van der Waals surface area (Å²) in [5.41, 5.74) is 0.203. The monoisotopic (exact) mass is 458 g/mol. The van der Waals surface area contributed by atoms with Crippen LogP contribution in [0.5, 0.6) is 0 Å². The third kappa shape index (κ3) is 4.06. The van der Waals surface area contributed by atoms with Gasteiger partial charge in [-0.15, -0.1) is 0 Å². The van der Waals surface area contributed by atoms with Crippen molar-refractivity contribution in [2.45, 2.75) is 19.4 Å². The topological polar surface area (TPSA) is 124 Å². The number of imide groups is 1. The zero-order chi connectivity index (χ0) is 24.4. The van der Waals surface area contributed by atoms with Crippen molar-refractivity contribution in [3.63, 3.8) is 0 Å². The molecule has 3 aromatic carbocycles. The average Bonchev–Trinajstić information content (AvgIpc) is 3.11. The highest BCUT2D eigenvalue weighted by Crippen LogP contribution is 2.31. The molecule has 34 heavy (non-hydrogen) atoms. The molecule has 9 heteroatoms. The summed E-state index contributed by atoms with van der Waals surface area (Å²) < 4.78 is 5.40. The molecule has 1 aliphatic heterocycles. The molecule has 0 saturated carbocycles. The SMILES string of the molecule is CC[C@H](OC(=O)c1ccc2c(c1)C(=O)N(c1cccc([N+](=O)[O-])c1)C2=O)C(=O)c1ccccc1. The smallest absolute Gasteiger partial charge is 0.338 e. The maximum Gasteiger partial charge on any atom is 0.338 e. The first-order chi connectivity index (χ1) is 16.3. The maximum atomic E-state index is 13.0. The number of fused-ring (bicyclic) bond motifs is 1. The second kappa shape index (κ2) is 9.07. The normalized spacial score (nSPS) is 13.4. The van der Waals surface area contributed by atoms with E-state index in [1.807, 2.05) is 0 Å². The number of rotatable bonds is 7. The summed E-state index contributed by atoms with van der Waals surface area (Å²) in [5, 5.41) is 11.1. The summed E-state index contributed by atoms with van der Waals surface area (Å²) in [5.74, 6) is -2.54. The van der Waals surface area contributed by atoms with Crippen LogP contribution in [0.3, 0.4) is 0 Å². The van der Waals surface area contributed by atoms with Gasteiger partial charge in [0, 0.05) is 17.7 Å². The summed E-state index contributed by atoms with van der Waals surface area (Å²) in [6.45, 7) is 1.71. The molecule has 3 aromatic rings. The molecule has 4 rings (SSSR count). The fourth-order valence-corrected chi connectivity index (χ4v) is 3.66. The Kier molecular flexibility index (Phi) is 6.01. The average molecular weight is 458 g/mol. The Hall–Kier alpha value is -4.66. The molecular weight excluding hydrogens is 440 g/mol. The van der Waals surface area contributed by atoms with Crippen LogP contribution in [0.1, 0.15) is 54.8 Å². The number of benzene rings is 3. The van der Waals surface area contributed by atoms with Gasteiger partial charge in [-0.2, -0.15) is 0 Å². The minimum atomic E-state index is -1.01. The van der Waals surface area contributed by atoms with Crippen LogP contribution in [-0.4, -0.2) is 34.6 Å². The first-order valence-electron chi connectivity index (χ1n) is 10.4. The van der Waals surface area contributed by atoms with Crippen LogP contribution >= 0.6 is 0 Å². The molecule has 0 saturated heterocycles. The first kappa shape index (κ1) is 22.5. The summed E-state index contributed by atoms with van der Waals surface area (Å²) in [7, 11) is 0. The Labute approximate surface area is 193 Å². The lowest BCUT2D eigenvalue weighted by Crippen LogP contribution is -2.29. The number of nitrogens with zero attached hydrogens (tertiary/aromatic N) is 2. The van der Waals surface area contributed by atoms with Gasteiger partial charge in [0.1, 0.15) is 0 Å². The molecular formula is C25H18N2O7. The van der Waals surface area contributed by atoms with Crippen molar-refractivity contribution in [1.82, 2.24) is 0 Å². The predicted molar refractivity (Wildman–Crippen MR) is 121 cm³/mol. The number of carbonyl (C=O) groups excluding carboxylic acids is 4. The summed E-state index contributed by atoms with van der Waals surface area (Å²) in [6, 6.07) is 17.5. The number of Topliss-reactive ketones (excluding diaryl/α,β-unsaturated/α-hetero) is 1. The van der Waals surface area contributed by atoms with Crippen LogP contribution in [0.4, 0.5) is 11.4 Å². The number of hydrogen-bond acceptors (Lipinski definition) is 7. The second-order valence-electron chi connectivity index (χ2n) is 7.52. The van der Waals surface area contributed by atoms with Gasteiger partial charge >= 0.3 is 5.97 Å². The van der Waals surface area contributed by atoms with Crippen molar-refractivity contribution in [1.29, 1.82) is 0 Å². The second-order valence-corrected chi connectivity index (χ2v) is 7.52. The van der Waals surface area contributed by atoms with Gasteiger partial charge < -0.3 is 4.74 Å². The number of carbonyl (C=O) groups is 4. The van der Waals surface area contributed by atoms with E-state index in [9.17, 15) is 29.3 Å². The van der Waals surface area contributed by atoms with Gasteiger partial charge in [-0.3, -0.25) is 24.5 Å². The van der Waals surface area contributed by atoms with Crippen molar-refractivity contribution < 1.29 is 28.8 Å². The third-order valence-corrected chi connectivity index (χ3v) is 5.39. The highest BCUT2D eigenvalue weighted by atomic mass is 16.6. The number of ether oxygens (including phenoxy) is 1. The van der Waals surface area contributed by atoms with Gasteiger partial charge in [0.2, 0.25) is 5.78 Å². The number of non-ortho nitro benzene ring substituents is 1. The van der Waals surface area contributed by atoms with Gasteiger partial charge in [-0.25, -0.2) is 9.69 Å². The van der Waals surface area contributed by atoms with Gasteiger partial charge in [-0.05, 0) is 30.7 Å². The lowest BCUT2D eigenvalue weighted by molar-refractivity contribution is -0.384. The molecule has 0 aromatic heterocycles. The van der Waals surface area contributed by atoms with Gasteiger partial charge in [0.25, 0.3) is 17.5 Å². The Balaban J connectivity index is 1.58. The van der Waals surface area contributed by atoms with Crippen molar-refractivity contribution in [3.8, 4) is 0 Å². The molecule has 0 spiro atoms. The Morgan fingerprint density at radius 3 is 2.29 bits per heavy atom. The fourth-order valence-electron chi connectivity index (χ4n) is 3.66. The number of amides is 2. The van der Waals surface area contributed by atoms with E-state index in [1.165, 1.54) is 36.4 Å². The minimum Gasteiger partial charge on any atom is -0.450 e. The Morgan fingerprint density at radius 1 is 0.912 bits per heavy atom. The largest absolute Gasteiger partial charge is 0.450 e. The van der Waals surface area contributed by atoms with Gasteiger partial charge in [0.15, 0.2) is 6.10 Å². The van der Waals surface area contributed by atoms with E-state index in [0.717, 1.165) is 11.0 Å². The standard InChI is InChI=1S/C25H18N2O7/c1-2-21(22(28)15-7-4-3-5-8-15)34-25(31)16-11-12-19-20(13-16)24(30)26(23(19)29)17-9-6-10-18(14-17)27(32)33/h3-14,21H,2H2,1H3/t21-/m0/s1. The van der Waals surface area contributed by atoms with Crippen molar-refractivity contribution in [2.24, 2.45) is 0 Å². The minimum absolute atomic E-state index is 0.0000962. The van der Waals surface area contributed by atoms with Gasteiger partial charge in [-0.1, -0.05) is 43.3 Å². The van der Waals surface area contributed by atoms with Crippen molar-refractivity contribution >= 4 is 34.9 Å². The quantitative estimate of drug-likeness (QED) is 0.171. The van der Waals surface area contributed by atoms with Crippen LogP contribution in [0.2, 0.25) is 0 Å². The highest BCUT2D eigenvalue weighted by molar-refractivity contribution is 6.34. The summed E-state index contributed by atoms with van der Waals surface area (Å²) in [6.07, 6.45) is -0.760. The Morgan fingerprint density at radius 2 is 1.62 bits per heavy atom. The van der Waals surface area contributed by atoms with E-state index in [2.05, 4.69) is 0 Å². The van der Waals surface area contributed by atoms with E-state index in [4.69, 9.17) is 4.74 Å². The van der Waals surface area contributed by atoms with E-state index in [0.29, 0.717) is 5.56 Å². The number of esters is 1. The van der Waals surface area contributed by atoms with E-state index in [1.54, 1.807) is 37.3 Å². The molecule has 0 unspecified atom stereocenters. The predicted octanol–water partition coefficient (Wildman–Crippen LogP) is 4.21. The number of anilines is 1. The molecule has 2 amide bonds. The molecule has 0 bridgehead atoms. The van der Waals surface area contributed by atoms with Crippen molar-refractivity contribution in [3.05, 3.63) is 105 Å². The molecule has 0 fully saturated rings. The summed E-state index contributed by atoms with van der Waals surface area (Å²) >= 11 is 0. The molecule has 1 aliphatic rings. The maximum absolute atomic E-state index is 13.0. The summed E-state index contributed by atoms with van der Waals surface area (Å²) in [4.78, 5) is 62.5. The number of hydrogen-bond donors (Lipinski definition) is 0. The molecule has 0 aliphatic carbocycles. The van der Waals surface area contributed by atoms with Crippen LogP contribution in [0.15, 0.2) is 72.8 Å². The van der Waals surface area contributed by atoms with E-state index in [-0.39, 0.29) is 40.3 Å². The van der Waals surface area contributed by atoms with Crippen molar-refractivity contribution in [2.75, 3.05) is 4.90 Å². The first-order valence-corrected chi connectivity index (χ1v) is 10.4. The lowest BCUT2D eigenvalue weighted by Gasteiger charge is -2.15. The molecule has 9 nitrogen and oxygen atoms in total. The molecule has 170 valence electrons. The van der Waals surface area contributed by atoms with Gasteiger partial charge in [0.05, 0.1) is 27.3 Å². The zero-order valence-electron chi connectivity index (χ0n) is 18.0. The van der Waals surface area contributed by atoms with E-state index < -0.39 is 28.8 Å². The third-order valence-electron chi connectivity index (χ3n) is 5.39. The number of nitro benzene ring substituents is 1. The Bertz CT molecular complexity index is 1330. The fraction of sp³-hybridized carbons (Fsp3) is 0.120. The van der Waals surface area contributed by atoms with Crippen LogP contribution in [0, 0.1) is 10.1 Å². The number of nitro groups is 1. The molecule has 1 atom stereocenters. The van der Waals surface area contributed by atoms with Crippen LogP contribution in [0.25, 0.3) is 0 Å².